The van der Waals surface area contributed by atoms with Gasteiger partial charge < -0.3 is 0 Å². The third-order valence-electron chi connectivity index (χ3n) is 5.83. The molecule has 18 heavy (non-hydrogen) atoms. The lowest BCUT2D eigenvalue weighted by atomic mass is 9.67. The fraction of sp³-hybridized carbons (Fsp3) is 0.867. The summed E-state index contributed by atoms with van der Waals surface area (Å²) in [5, 5.41) is 0. The van der Waals surface area contributed by atoms with E-state index >= 15 is 0 Å². The van der Waals surface area contributed by atoms with E-state index in [9.17, 15) is 9.59 Å². The van der Waals surface area contributed by atoms with Crippen molar-refractivity contribution in [2.24, 2.45) is 35.5 Å². The van der Waals surface area contributed by atoms with Crippen molar-refractivity contribution in [3.8, 4) is 0 Å². The third-order valence-corrected chi connectivity index (χ3v) is 5.83. The van der Waals surface area contributed by atoms with Crippen molar-refractivity contribution in [1.82, 2.24) is 4.90 Å². The number of nitrogens with zero attached hydrogens (tertiary/aromatic N) is 1. The van der Waals surface area contributed by atoms with Crippen LogP contribution in [0, 0.1) is 35.5 Å². The van der Waals surface area contributed by atoms with Crippen LogP contribution in [-0.4, -0.2) is 23.8 Å². The van der Waals surface area contributed by atoms with Crippen molar-refractivity contribution in [3.05, 3.63) is 0 Å². The van der Waals surface area contributed by atoms with E-state index < -0.39 is 0 Å². The van der Waals surface area contributed by atoms with Crippen molar-refractivity contribution in [3.63, 3.8) is 0 Å². The number of fused-ring (bicyclic) bond motifs is 5. The number of hydrogen-bond acceptors (Lipinski definition) is 2. The average molecular weight is 249 g/mol. The Balaban J connectivity index is 1.93. The molecule has 0 aromatic carbocycles. The van der Waals surface area contributed by atoms with Gasteiger partial charge in [-0.25, -0.2) is 0 Å². The summed E-state index contributed by atoms with van der Waals surface area (Å²) in [7, 11) is 1.66. The van der Waals surface area contributed by atoms with Crippen molar-refractivity contribution in [2.75, 3.05) is 7.05 Å². The van der Waals surface area contributed by atoms with Gasteiger partial charge in [-0.1, -0.05) is 33.1 Å². The minimum Gasteiger partial charge on any atom is -0.285 e. The first-order valence-corrected chi connectivity index (χ1v) is 7.43. The molecule has 1 heterocycles. The zero-order chi connectivity index (χ0) is 13.0. The SMILES string of the molecule is CCCC1C(CC)C2CC1C1C(=O)N(C)C(=O)C21. The molecule has 100 valence electrons. The van der Waals surface area contributed by atoms with Gasteiger partial charge in [-0.3, -0.25) is 14.5 Å². The molecule has 0 spiro atoms. The maximum Gasteiger partial charge on any atom is 0.233 e. The predicted molar refractivity (Wildman–Crippen MR) is 68.5 cm³/mol. The van der Waals surface area contributed by atoms with Crippen molar-refractivity contribution in [1.29, 1.82) is 0 Å². The van der Waals surface area contributed by atoms with Gasteiger partial charge in [0.15, 0.2) is 0 Å². The molecule has 3 nitrogen and oxygen atoms in total. The van der Waals surface area contributed by atoms with Gasteiger partial charge in [0, 0.05) is 7.05 Å². The second kappa shape index (κ2) is 4.07. The normalized spacial score (nSPS) is 46.1. The Morgan fingerprint density at radius 1 is 1.06 bits per heavy atom. The number of carbonyl (C=O) groups excluding carboxylic acids is 2. The van der Waals surface area contributed by atoms with Crippen molar-refractivity contribution in [2.45, 2.75) is 39.5 Å². The highest BCUT2D eigenvalue weighted by atomic mass is 16.2. The maximum atomic E-state index is 12.2. The quantitative estimate of drug-likeness (QED) is 0.720. The first-order valence-electron chi connectivity index (χ1n) is 7.43. The van der Waals surface area contributed by atoms with Gasteiger partial charge in [-0.2, -0.15) is 0 Å². The van der Waals surface area contributed by atoms with Crippen molar-refractivity contribution < 1.29 is 9.59 Å². The minimum absolute atomic E-state index is 0.0329. The molecule has 6 atom stereocenters. The van der Waals surface area contributed by atoms with Crippen LogP contribution in [0.25, 0.3) is 0 Å². The van der Waals surface area contributed by atoms with Gasteiger partial charge in [0.2, 0.25) is 11.8 Å². The highest BCUT2D eigenvalue weighted by molar-refractivity contribution is 6.05. The number of rotatable bonds is 3. The smallest absolute Gasteiger partial charge is 0.233 e. The van der Waals surface area contributed by atoms with E-state index in [-0.39, 0.29) is 23.7 Å². The van der Waals surface area contributed by atoms with Crippen molar-refractivity contribution >= 4 is 11.8 Å². The van der Waals surface area contributed by atoms with Crippen LogP contribution in [0.1, 0.15) is 39.5 Å². The molecule has 2 aliphatic carbocycles. The Kier molecular flexibility index (Phi) is 2.76. The Morgan fingerprint density at radius 3 is 2.11 bits per heavy atom. The minimum atomic E-state index is 0.0329. The second-order valence-corrected chi connectivity index (χ2v) is 6.38. The standard InChI is InChI=1S/C15H23NO2/c1-4-6-9-8(5-2)10-7-11(9)13-12(10)14(17)16(3)15(13)18/h8-13H,4-7H2,1-3H3. The molecule has 0 radical (unpaired) electrons. The van der Waals surface area contributed by atoms with Crippen LogP contribution in [0.3, 0.4) is 0 Å². The molecule has 2 bridgehead atoms. The van der Waals surface area contributed by atoms with Crippen LogP contribution in [0.2, 0.25) is 0 Å². The largest absolute Gasteiger partial charge is 0.285 e. The Morgan fingerprint density at radius 2 is 1.61 bits per heavy atom. The predicted octanol–water partition coefficient (Wildman–Crippen LogP) is 2.31. The van der Waals surface area contributed by atoms with Crippen LogP contribution in [0.5, 0.6) is 0 Å². The number of amides is 2. The number of imide groups is 1. The van der Waals surface area contributed by atoms with E-state index in [0.717, 1.165) is 6.42 Å². The van der Waals surface area contributed by atoms with Gasteiger partial charge in [-0.15, -0.1) is 0 Å². The Hall–Kier alpha value is -0.860. The van der Waals surface area contributed by atoms with E-state index in [1.807, 2.05) is 0 Å². The Bertz CT molecular complexity index is 392. The average Bonchev–Trinajstić information content (AvgIpc) is 2.97. The lowest BCUT2D eigenvalue weighted by Crippen LogP contribution is -2.36. The third kappa shape index (κ3) is 1.31. The molecule has 6 unspecified atom stereocenters. The fourth-order valence-corrected chi connectivity index (χ4v) is 5.25. The van der Waals surface area contributed by atoms with Crippen LogP contribution in [-0.2, 0) is 9.59 Å². The van der Waals surface area contributed by atoms with Gasteiger partial charge in [-0.05, 0) is 30.1 Å². The molecule has 1 saturated heterocycles. The highest BCUT2D eigenvalue weighted by Gasteiger charge is 2.65. The van der Waals surface area contributed by atoms with Gasteiger partial charge in [0.25, 0.3) is 0 Å². The summed E-state index contributed by atoms with van der Waals surface area (Å²) in [4.78, 5) is 25.9. The lowest BCUT2D eigenvalue weighted by molar-refractivity contribution is -0.139. The van der Waals surface area contributed by atoms with E-state index in [0.29, 0.717) is 23.7 Å². The summed E-state index contributed by atoms with van der Waals surface area (Å²) < 4.78 is 0. The molecular formula is C15H23NO2. The highest BCUT2D eigenvalue weighted by Crippen LogP contribution is 2.62. The van der Waals surface area contributed by atoms with E-state index in [1.54, 1.807) is 7.05 Å². The zero-order valence-corrected chi connectivity index (χ0v) is 11.6. The Labute approximate surface area is 109 Å². The summed E-state index contributed by atoms with van der Waals surface area (Å²) in [6.07, 6.45) is 4.72. The second-order valence-electron chi connectivity index (χ2n) is 6.38. The molecular weight excluding hydrogens is 226 g/mol. The van der Waals surface area contributed by atoms with Crippen LogP contribution < -0.4 is 0 Å². The van der Waals surface area contributed by atoms with E-state index in [4.69, 9.17) is 0 Å². The molecule has 1 aliphatic heterocycles. The topological polar surface area (TPSA) is 37.4 Å². The molecule has 3 rings (SSSR count). The first-order chi connectivity index (χ1) is 8.61. The fourth-order valence-electron chi connectivity index (χ4n) is 5.25. The van der Waals surface area contributed by atoms with E-state index in [1.165, 1.54) is 24.2 Å². The first kappa shape index (κ1) is 12.2. The number of carbonyl (C=O) groups is 2. The molecule has 2 saturated carbocycles. The molecule has 3 fully saturated rings. The molecule has 3 aliphatic rings. The van der Waals surface area contributed by atoms with Crippen LogP contribution in [0.4, 0.5) is 0 Å². The number of hydrogen-bond donors (Lipinski definition) is 0. The molecule has 0 aromatic heterocycles. The summed E-state index contributed by atoms with van der Waals surface area (Å²) in [6.45, 7) is 4.47. The van der Waals surface area contributed by atoms with E-state index in [2.05, 4.69) is 13.8 Å². The summed E-state index contributed by atoms with van der Waals surface area (Å²) in [5.74, 6) is 2.62. The van der Waals surface area contributed by atoms with Crippen LogP contribution in [0.15, 0.2) is 0 Å². The maximum absolute atomic E-state index is 12.2. The number of likely N-dealkylation sites (tertiary alicyclic amines) is 1. The monoisotopic (exact) mass is 249 g/mol. The summed E-state index contributed by atoms with van der Waals surface area (Å²) >= 11 is 0. The molecule has 3 heteroatoms. The van der Waals surface area contributed by atoms with Gasteiger partial charge >= 0.3 is 0 Å². The van der Waals surface area contributed by atoms with Crippen LogP contribution >= 0.6 is 0 Å². The summed E-state index contributed by atoms with van der Waals surface area (Å²) in [6, 6.07) is 0. The van der Waals surface area contributed by atoms with Gasteiger partial charge in [0.1, 0.15) is 0 Å². The summed E-state index contributed by atoms with van der Waals surface area (Å²) in [5.41, 5.74) is 0. The zero-order valence-electron chi connectivity index (χ0n) is 11.6. The lowest BCUT2D eigenvalue weighted by Gasteiger charge is -2.35. The molecule has 0 N–H and O–H groups in total. The van der Waals surface area contributed by atoms with Gasteiger partial charge in [0.05, 0.1) is 11.8 Å². The molecule has 2 amide bonds. The molecule has 0 aromatic rings.